The predicted molar refractivity (Wildman–Crippen MR) is 98.6 cm³/mol. The number of ether oxygens (including phenoxy) is 1. The summed E-state index contributed by atoms with van der Waals surface area (Å²) in [5, 5.41) is 15.5. The molecule has 0 aliphatic carbocycles. The summed E-state index contributed by atoms with van der Waals surface area (Å²) in [5.74, 6) is -0.694. The first-order chi connectivity index (χ1) is 13.0. The number of carbonyl (C=O) groups is 2. The van der Waals surface area contributed by atoms with E-state index in [9.17, 15) is 9.59 Å². The van der Waals surface area contributed by atoms with Crippen LogP contribution in [0.25, 0.3) is 11.3 Å². The number of aryl methyl sites for hydroxylation is 1. The van der Waals surface area contributed by atoms with Crippen LogP contribution in [-0.2, 0) is 4.74 Å². The lowest BCUT2D eigenvalue weighted by Crippen LogP contribution is -2.16. The first kappa shape index (κ1) is 18.2. The van der Waals surface area contributed by atoms with Gasteiger partial charge in [0.05, 0.1) is 5.56 Å². The number of anilines is 1. The number of hydrogen-bond acceptors (Lipinski definition) is 5. The Bertz CT molecular complexity index is 948. The molecule has 7 heteroatoms. The number of rotatable bonds is 5. The maximum absolute atomic E-state index is 12.3. The number of amides is 1. The Hall–Kier alpha value is -3.61. The molecular formula is C20H18N2O5. The number of benzene rings is 2. The number of carbonyl (C=O) groups excluding carboxylic acids is 1. The molecule has 27 heavy (non-hydrogen) atoms. The van der Waals surface area contributed by atoms with Gasteiger partial charge in [0, 0.05) is 5.56 Å². The standard InChI is InChI=1S/C20H18N2O5/c1-12-17(21-20(25)26-13(2)14-6-4-3-5-7-14)18(27-22-12)15-8-10-16(11-9-15)19(23)24/h3-11,13H,1-2H3,(H,21,25)(H,23,24)/t13-/m1/s1. The van der Waals surface area contributed by atoms with Crippen molar-refractivity contribution in [1.82, 2.24) is 5.16 Å². The second-order valence-corrected chi connectivity index (χ2v) is 5.94. The van der Waals surface area contributed by atoms with E-state index in [1.807, 2.05) is 30.3 Å². The number of hydrogen-bond donors (Lipinski definition) is 2. The molecule has 3 aromatic rings. The molecule has 0 unspecified atom stereocenters. The monoisotopic (exact) mass is 366 g/mol. The third-order valence-corrected chi connectivity index (χ3v) is 4.04. The largest absolute Gasteiger partial charge is 0.478 e. The molecule has 2 N–H and O–H groups in total. The molecule has 0 saturated carbocycles. The van der Waals surface area contributed by atoms with Gasteiger partial charge >= 0.3 is 12.1 Å². The maximum atomic E-state index is 12.3. The molecule has 0 radical (unpaired) electrons. The molecule has 0 fully saturated rings. The highest BCUT2D eigenvalue weighted by Gasteiger charge is 2.20. The Kier molecular flexibility index (Phi) is 5.21. The maximum Gasteiger partial charge on any atom is 0.412 e. The van der Waals surface area contributed by atoms with Crippen LogP contribution in [0.15, 0.2) is 59.1 Å². The molecule has 3 rings (SSSR count). The van der Waals surface area contributed by atoms with Gasteiger partial charge in [-0.2, -0.15) is 0 Å². The summed E-state index contributed by atoms with van der Waals surface area (Å²) in [4.78, 5) is 23.3. The van der Waals surface area contributed by atoms with E-state index in [0.29, 0.717) is 22.7 Å². The van der Waals surface area contributed by atoms with Crippen molar-refractivity contribution in [3.05, 3.63) is 71.4 Å². The third kappa shape index (κ3) is 4.14. The molecule has 0 aliphatic heterocycles. The molecule has 2 aromatic carbocycles. The molecule has 1 amide bonds. The predicted octanol–water partition coefficient (Wildman–Crippen LogP) is 4.66. The SMILES string of the molecule is Cc1noc(-c2ccc(C(=O)O)cc2)c1NC(=O)O[C@H](C)c1ccccc1. The van der Waals surface area contributed by atoms with E-state index < -0.39 is 18.2 Å². The van der Waals surface area contributed by atoms with Crippen LogP contribution in [-0.4, -0.2) is 22.3 Å². The normalized spacial score (nSPS) is 11.6. The fourth-order valence-electron chi connectivity index (χ4n) is 2.56. The molecule has 1 atom stereocenters. The minimum absolute atomic E-state index is 0.153. The molecule has 0 spiro atoms. The van der Waals surface area contributed by atoms with Crippen molar-refractivity contribution in [3.63, 3.8) is 0 Å². The summed E-state index contributed by atoms with van der Waals surface area (Å²) >= 11 is 0. The van der Waals surface area contributed by atoms with Crippen LogP contribution in [0.2, 0.25) is 0 Å². The van der Waals surface area contributed by atoms with Crippen LogP contribution in [0, 0.1) is 6.92 Å². The average molecular weight is 366 g/mol. The quantitative estimate of drug-likeness (QED) is 0.681. The molecule has 0 bridgehead atoms. The Morgan fingerprint density at radius 2 is 1.78 bits per heavy atom. The lowest BCUT2D eigenvalue weighted by Gasteiger charge is -2.14. The minimum atomic E-state index is -1.02. The topological polar surface area (TPSA) is 102 Å². The van der Waals surface area contributed by atoms with Crippen molar-refractivity contribution in [2.75, 3.05) is 5.32 Å². The first-order valence-corrected chi connectivity index (χ1v) is 8.28. The summed E-state index contributed by atoms with van der Waals surface area (Å²) in [5.41, 5.74) is 2.48. The highest BCUT2D eigenvalue weighted by molar-refractivity contribution is 5.92. The van der Waals surface area contributed by atoms with Crippen molar-refractivity contribution in [2.24, 2.45) is 0 Å². The average Bonchev–Trinajstić information content (AvgIpc) is 3.03. The molecule has 1 aromatic heterocycles. The van der Waals surface area contributed by atoms with Crippen molar-refractivity contribution in [3.8, 4) is 11.3 Å². The van der Waals surface area contributed by atoms with Crippen molar-refractivity contribution >= 4 is 17.7 Å². The summed E-state index contributed by atoms with van der Waals surface area (Å²) < 4.78 is 10.7. The van der Waals surface area contributed by atoms with Gasteiger partial charge in [-0.05, 0) is 31.5 Å². The second kappa shape index (κ2) is 7.74. The Morgan fingerprint density at radius 3 is 2.41 bits per heavy atom. The number of aromatic carboxylic acids is 1. The minimum Gasteiger partial charge on any atom is -0.478 e. The van der Waals surface area contributed by atoms with Crippen molar-refractivity contribution in [1.29, 1.82) is 0 Å². The van der Waals surface area contributed by atoms with E-state index in [1.165, 1.54) is 12.1 Å². The first-order valence-electron chi connectivity index (χ1n) is 8.28. The van der Waals surface area contributed by atoms with E-state index >= 15 is 0 Å². The molecule has 1 heterocycles. The summed E-state index contributed by atoms with van der Waals surface area (Å²) in [7, 11) is 0. The Labute approximate surface area is 155 Å². The van der Waals surface area contributed by atoms with E-state index in [1.54, 1.807) is 26.0 Å². The number of aromatic nitrogens is 1. The fourth-order valence-corrected chi connectivity index (χ4v) is 2.56. The van der Waals surface area contributed by atoms with E-state index in [0.717, 1.165) is 5.56 Å². The lowest BCUT2D eigenvalue weighted by atomic mass is 10.1. The van der Waals surface area contributed by atoms with Gasteiger partial charge in [-0.1, -0.05) is 47.6 Å². The summed E-state index contributed by atoms with van der Waals surface area (Å²) in [6.07, 6.45) is -1.06. The van der Waals surface area contributed by atoms with E-state index in [4.69, 9.17) is 14.4 Å². The molecule has 7 nitrogen and oxygen atoms in total. The van der Waals surface area contributed by atoms with Crippen molar-refractivity contribution < 1.29 is 24.0 Å². The number of carboxylic acid groups (broad SMARTS) is 1. The molecule has 0 saturated heterocycles. The van der Waals surface area contributed by atoms with E-state index in [-0.39, 0.29) is 5.56 Å². The molecular weight excluding hydrogens is 348 g/mol. The van der Waals surface area contributed by atoms with E-state index in [2.05, 4.69) is 10.5 Å². The van der Waals surface area contributed by atoms with Crippen LogP contribution in [0.3, 0.4) is 0 Å². The van der Waals surface area contributed by atoms with Gasteiger partial charge in [-0.15, -0.1) is 0 Å². The second-order valence-electron chi connectivity index (χ2n) is 5.94. The zero-order chi connectivity index (χ0) is 19.4. The van der Waals surface area contributed by atoms with Gasteiger partial charge in [0.25, 0.3) is 0 Å². The summed E-state index contributed by atoms with van der Waals surface area (Å²) in [6, 6.07) is 15.5. The molecule has 0 aliphatic rings. The van der Waals surface area contributed by atoms with Gasteiger partial charge in [0.1, 0.15) is 17.5 Å². The van der Waals surface area contributed by atoms with Crippen LogP contribution >= 0.6 is 0 Å². The Morgan fingerprint density at radius 1 is 1.11 bits per heavy atom. The number of nitrogens with zero attached hydrogens (tertiary/aromatic N) is 1. The van der Waals surface area contributed by atoms with Gasteiger partial charge in [-0.25, -0.2) is 9.59 Å². The van der Waals surface area contributed by atoms with Gasteiger partial charge in [-0.3, -0.25) is 5.32 Å². The fraction of sp³-hybridized carbons (Fsp3) is 0.150. The zero-order valence-electron chi connectivity index (χ0n) is 14.8. The number of nitrogens with one attached hydrogen (secondary N) is 1. The van der Waals surface area contributed by atoms with Crippen molar-refractivity contribution in [2.45, 2.75) is 20.0 Å². The van der Waals surface area contributed by atoms with Gasteiger partial charge in [0.2, 0.25) is 0 Å². The van der Waals surface area contributed by atoms with Crippen LogP contribution in [0.4, 0.5) is 10.5 Å². The van der Waals surface area contributed by atoms with Crippen LogP contribution < -0.4 is 5.32 Å². The zero-order valence-corrected chi connectivity index (χ0v) is 14.8. The van der Waals surface area contributed by atoms with Gasteiger partial charge in [0.15, 0.2) is 5.76 Å². The third-order valence-electron chi connectivity index (χ3n) is 4.04. The van der Waals surface area contributed by atoms with Crippen LogP contribution in [0.5, 0.6) is 0 Å². The number of carboxylic acids is 1. The highest BCUT2D eigenvalue weighted by atomic mass is 16.6. The van der Waals surface area contributed by atoms with Crippen LogP contribution in [0.1, 0.15) is 34.6 Å². The highest BCUT2D eigenvalue weighted by Crippen LogP contribution is 2.31. The van der Waals surface area contributed by atoms with Gasteiger partial charge < -0.3 is 14.4 Å². The summed E-state index contributed by atoms with van der Waals surface area (Å²) in [6.45, 7) is 3.47. The molecule has 138 valence electrons. The smallest absolute Gasteiger partial charge is 0.412 e. The Balaban J connectivity index is 1.76. The lowest BCUT2D eigenvalue weighted by molar-refractivity contribution is 0.0696.